The van der Waals surface area contributed by atoms with Gasteiger partial charge in [-0.3, -0.25) is 9.55 Å². The standard InChI is InChI=1S/C54H32N3O2.Pt/c58-47-32-49-44(40-22-11-12-28-48(40)59-49)31-45(47)54-56-52-43(51-41-23-10-9-21-39(41)42-30-29-35-19-7-8-20-36(35)50(42)55-51)26-14-27-46(52)57(54)53-37(33-15-3-1-4-16-33)24-13-25-38(53)34-17-5-2-6-18-34;/h1-19,21-32,58H;/q-1;. The molecule has 0 unspecified atom stereocenters. The van der Waals surface area contributed by atoms with Crippen molar-refractivity contribution in [3.63, 3.8) is 0 Å². The molecule has 12 rings (SSSR count). The molecule has 0 aliphatic heterocycles. The maximum Gasteiger partial charge on any atom is 0.149 e. The SMILES string of the molecule is Oc1cc2oc3ccccc3c2cc1-c1nc2c(-c3nc4c5[c-]cccc5ccc4c4ccccc34)cccc2n1-c1c(-c2ccccc2)cccc1-c1ccccc1.[Pt]. The smallest absolute Gasteiger partial charge is 0.149 e. The fourth-order valence-corrected chi connectivity index (χ4v) is 8.94. The number of para-hydroxylation sites is 3. The average molecular weight is 950 g/mol. The van der Waals surface area contributed by atoms with Gasteiger partial charge in [0.25, 0.3) is 0 Å². The Hall–Kier alpha value is -7.33. The van der Waals surface area contributed by atoms with Crippen LogP contribution in [0.2, 0.25) is 0 Å². The predicted molar refractivity (Wildman–Crippen MR) is 241 cm³/mol. The van der Waals surface area contributed by atoms with Gasteiger partial charge < -0.3 is 9.52 Å². The number of furan rings is 1. The molecule has 12 aromatic rings. The third-order valence-corrected chi connectivity index (χ3v) is 11.6. The summed E-state index contributed by atoms with van der Waals surface area (Å²) in [5.74, 6) is 0.672. The Labute approximate surface area is 359 Å². The van der Waals surface area contributed by atoms with Gasteiger partial charge in [-0.15, -0.1) is 35.0 Å². The van der Waals surface area contributed by atoms with Crippen molar-refractivity contribution < 1.29 is 30.6 Å². The van der Waals surface area contributed by atoms with Gasteiger partial charge in [0.15, 0.2) is 0 Å². The first-order valence-electron chi connectivity index (χ1n) is 19.7. The van der Waals surface area contributed by atoms with Crippen molar-refractivity contribution in [3.05, 3.63) is 194 Å². The second-order valence-corrected chi connectivity index (χ2v) is 14.9. The molecule has 0 spiro atoms. The molecule has 9 aromatic carbocycles. The number of phenolic OH excluding ortho intramolecular Hbond substituents is 1. The molecular weight excluding hydrogens is 918 g/mol. The van der Waals surface area contributed by atoms with Crippen LogP contribution < -0.4 is 0 Å². The van der Waals surface area contributed by atoms with Crippen LogP contribution in [0.4, 0.5) is 0 Å². The van der Waals surface area contributed by atoms with Crippen LogP contribution in [0.15, 0.2) is 192 Å². The molecule has 3 aromatic heterocycles. The minimum absolute atomic E-state index is 0. The predicted octanol–water partition coefficient (Wildman–Crippen LogP) is 14.0. The molecule has 0 radical (unpaired) electrons. The van der Waals surface area contributed by atoms with E-state index in [0.29, 0.717) is 17.0 Å². The van der Waals surface area contributed by atoms with Gasteiger partial charge in [0.05, 0.1) is 28.0 Å². The van der Waals surface area contributed by atoms with Crippen LogP contribution in [0.1, 0.15) is 0 Å². The van der Waals surface area contributed by atoms with Gasteiger partial charge in [0.1, 0.15) is 22.7 Å². The van der Waals surface area contributed by atoms with E-state index < -0.39 is 0 Å². The molecule has 5 nitrogen and oxygen atoms in total. The van der Waals surface area contributed by atoms with Gasteiger partial charge >= 0.3 is 0 Å². The molecule has 0 aliphatic carbocycles. The molecule has 6 heteroatoms. The van der Waals surface area contributed by atoms with Gasteiger partial charge in [0, 0.05) is 60.0 Å². The van der Waals surface area contributed by atoms with E-state index in [-0.39, 0.29) is 26.8 Å². The summed E-state index contributed by atoms with van der Waals surface area (Å²) in [6.07, 6.45) is 0. The number of phenols is 1. The number of hydrogen-bond acceptors (Lipinski definition) is 4. The van der Waals surface area contributed by atoms with E-state index in [1.54, 1.807) is 6.07 Å². The number of hydrogen-bond donors (Lipinski definition) is 1. The normalized spacial score (nSPS) is 11.6. The van der Waals surface area contributed by atoms with Crippen molar-refractivity contribution in [2.24, 2.45) is 0 Å². The number of aromatic hydroxyl groups is 1. The molecule has 0 amide bonds. The molecule has 3 heterocycles. The quantitative estimate of drug-likeness (QED) is 0.138. The first-order chi connectivity index (χ1) is 29.2. The molecule has 0 aliphatic rings. The third kappa shape index (κ3) is 5.51. The summed E-state index contributed by atoms with van der Waals surface area (Å²) in [4.78, 5) is 11.1. The Balaban J connectivity index is 0.00000408. The Bertz CT molecular complexity index is 3570. The largest absolute Gasteiger partial charge is 0.507 e. The molecule has 286 valence electrons. The van der Waals surface area contributed by atoms with Crippen molar-refractivity contribution in [1.29, 1.82) is 0 Å². The van der Waals surface area contributed by atoms with Crippen LogP contribution in [0.25, 0.3) is 116 Å². The number of aromatic nitrogens is 3. The van der Waals surface area contributed by atoms with E-state index in [9.17, 15) is 5.11 Å². The van der Waals surface area contributed by atoms with E-state index in [1.807, 2.05) is 48.5 Å². The summed E-state index contributed by atoms with van der Waals surface area (Å²) in [5, 5.41) is 19.2. The topological polar surface area (TPSA) is 64.1 Å². The van der Waals surface area contributed by atoms with Gasteiger partial charge in [-0.05, 0) is 45.6 Å². The number of pyridine rings is 1. The van der Waals surface area contributed by atoms with E-state index in [1.165, 1.54) is 0 Å². The Kier molecular flexibility index (Phi) is 8.47. The summed E-state index contributed by atoms with van der Waals surface area (Å²) in [7, 11) is 0. The zero-order valence-electron chi connectivity index (χ0n) is 31.9. The fourth-order valence-electron chi connectivity index (χ4n) is 8.94. The maximum absolute atomic E-state index is 12.1. The van der Waals surface area contributed by atoms with Crippen molar-refractivity contribution >= 4 is 65.4 Å². The summed E-state index contributed by atoms with van der Waals surface area (Å²) in [5.41, 5.74) is 11.4. The average Bonchev–Trinajstić information content (AvgIpc) is 3.86. The summed E-state index contributed by atoms with van der Waals surface area (Å²) in [6.45, 7) is 0. The Morgan fingerprint density at radius 1 is 0.483 bits per heavy atom. The zero-order valence-corrected chi connectivity index (χ0v) is 34.2. The van der Waals surface area contributed by atoms with Crippen molar-refractivity contribution in [1.82, 2.24) is 14.5 Å². The summed E-state index contributed by atoms with van der Waals surface area (Å²) in [6, 6.07) is 67.8. The second kappa shape index (κ2) is 14.2. The van der Waals surface area contributed by atoms with Gasteiger partial charge in [-0.25, -0.2) is 4.98 Å². The third-order valence-electron chi connectivity index (χ3n) is 11.6. The summed E-state index contributed by atoms with van der Waals surface area (Å²) >= 11 is 0. The second-order valence-electron chi connectivity index (χ2n) is 14.9. The van der Waals surface area contributed by atoms with Crippen LogP contribution in [0.3, 0.4) is 0 Å². The summed E-state index contributed by atoms with van der Waals surface area (Å²) < 4.78 is 8.47. The van der Waals surface area contributed by atoms with Crippen molar-refractivity contribution in [2.45, 2.75) is 0 Å². The van der Waals surface area contributed by atoms with Gasteiger partial charge in [-0.2, -0.15) is 0 Å². The monoisotopic (exact) mass is 949 g/mol. The molecule has 0 bridgehead atoms. The number of imidazole rings is 1. The Morgan fingerprint density at radius 3 is 1.92 bits per heavy atom. The molecule has 60 heavy (non-hydrogen) atoms. The van der Waals surface area contributed by atoms with Crippen LogP contribution in [-0.2, 0) is 21.1 Å². The molecule has 0 atom stereocenters. The fraction of sp³-hybridized carbons (Fsp3) is 0. The molecule has 0 fully saturated rings. The number of benzene rings is 9. The minimum Gasteiger partial charge on any atom is -0.507 e. The molecule has 1 N–H and O–H groups in total. The van der Waals surface area contributed by atoms with E-state index in [2.05, 4.69) is 144 Å². The van der Waals surface area contributed by atoms with Crippen LogP contribution in [0.5, 0.6) is 5.75 Å². The minimum atomic E-state index is 0. The number of fused-ring (bicyclic) bond motifs is 9. The first kappa shape index (κ1) is 35.8. The first-order valence-corrected chi connectivity index (χ1v) is 19.7. The number of rotatable bonds is 5. The molecule has 0 saturated heterocycles. The van der Waals surface area contributed by atoms with Crippen LogP contribution in [0, 0.1) is 6.07 Å². The zero-order chi connectivity index (χ0) is 39.0. The van der Waals surface area contributed by atoms with Crippen molar-refractivity contribution in [3.8, 4) is 56.3 Å². The molecular formula is C54H32N3O2Pt-. The van der Waals surface area contributed by atoms with Gasteiger partial charge in [0.2, 0.25) is 0 Å². The number of nitrogens with zero attached hydrogens (tertiary/aromatic N) is 3. The van der Waals surface area contributed by atoms with Crippen LogP contribution >= 0.6 is 0 Å². The Morgan fingerprint density at radius 2 is 1.15 bits per heavy atom. The molecule has 0 saturated carbocycles. The van der Waals surface area contributed by atoms with Crippen molar-refractivity contribution in [2.75, 3.05) is 0 Å². The van der Waals surface area contributed by atoms with Crippen LogP contribution in [-0.4, -0.2) is 19.6 Å². The van der Waals surface area contributed by atoms with E-state index in [0.717, 1.165) is 99.0 Å². The maximum atomic E-state index is 12.1. The van der Waals surface area contributed by atoms with E-state index >= 15 is 0 Å². The van der Waals surface area contributed by atoms with Gasteiger partial charge in [-0.1, -0.05) is 146 Å². The van der Waals surface area contributed by atoms with E-state index in [4.69, 9.17) is 14.4 Å².